The minimum atomic E-state index is -0.541. The lowest BCUT2D eigenvalue weighted by Gasteiger charge is -2.12. The van der Waals surface area contributed by atoms with E-state index in [1.165, 1.54) is 14.2 Å². The molecule has 0 radical (unpaired) electrons. The summed E-state index contributed by atoms with van der Waals surface area (Å²) in [6.45, 7) is 1.72. The van der Waals surface area contributed by atoms with E-state index in [1.54, 1.807) is 12.1 Å². The van der Waals surface area contributed by atoms with E-state index in [0.717, 1.165) is 11.1 Å². The van der Waals surface area contributed by atoms with E-state index in [4.69, 9.17) is 18.6 Å². The minimum Gasteiger partial charge on any atom is -0.496 e. The Balaban J connectivity index is 1.71. The average molecular weight is 354 g/mol. The topological polar surface area (TPSA) is 83.7 Å². The monoisotopic (exact) mass is 354 g/mol. The summed E-state index contributed by atoms with van der Waals surface area (Å²) in [5.41, 5.74) is 1.91. The highest BCUT2D eigenvalue weighted by molar-refractivity contribution is 5.90. The molecule has 0 amide bonds. The lowest BCUT2D eigenvalue weighted by Crippen LogP contribution is -2.07. The molecule has 0 N–H and O–H groups in total. The lowest BCUT2D eigenvalue weighted by molar-refractivity contribution is 0.0438. The Morgan fingerprint density at radius 3 is 2.31 bits per heavy atom. The highest BCUT2D eigenvalue weighted by Gasteiger charge is 2.16. The summed E-state index contributed by atoms with van der Waals surface area (Å²) >= 11 is 0. The number of aromatic nitrogens is 2. The summed E-state index contributed by atoms with van der Waals surface area (Å²) in [4.78, 5) is 12.3. The number of benzene rings is 2. The van der Waals surface area contributed by atoms with Crippen LogP contribution in [0.3, 0.4) is 0 Å². The van der Waals surface area contributed by atoms with Crippen molar-refractivity contribution in [1.29, 1.82) is 0 Å². The second kappa shape index (κ2) is 7.69. The van der Waals surface area contributed by atoms with Crippen molar-refractivity contribution in [3.8, 4) is 23.0 Å². The first-order valence-electron chi connectivity index (χ1n) is 7.90. The highest BCUT2D eigenvalue weighted by Crippen LogP contribution is 2.29. The van der Waals surface area contributed by atoms with E-state index in [-0.39, 0.29) is 12.5 Å². The third-order valence-electron chi connectivity index (χ3n) is 3.80. The second-order valence-electron chi connectivity index (χ2n) is 5.45. The fourth-order valence-corrected chi connectivity index (χ4v) is 2.42. The molecular formula is C19H18N2O5. The Morgan fingerprint density at radius 1 is 1.04 bits per heavy atom. The van der Waals surface area contributed by atoms with Gasteiger partial charge in [-0.3, -0.25) is 0 Å². The average Bonchev–Trinajstić information content (AvgIpc) is 3.16. The standard InChI is InChI=1S/C19H18N2O5/c1-12-15(23-2)9-14(10-16(12)24-3)19(22)25-11-17-20-21-18(26-17)13-7-5-4-6-8-13/h4-10H,11H2,1-3H3. The van der Waals surface area contributed by atoms with Gasteiger partial charge in [0.2, 0.25) is 5.89 Å². The van der Waals surface area contributed by atoms with Crippen LogP contribution in [0.15, 0.2) is 46.9 Å². The highest BCUT2D eigenvalue weighted by atomic mass is 16.5. The quantitative estimate of drug-likeness (QED) is 0.627. The molecule has 0 aliphatic heterocycles. The van der Waals surface area contributed by atoms with Gasteiger partial charge in [-0.2, -0.15) is 0 Å². The van der Waals surface area contributed by atoms with Crippen LogP contribution in [0.1, 0.15) is 21.8 Å². The molecule has 0 aliphatic carbocycles. The van der Waals surface area contributed by atoms with Gasteiger partial charge in [0.25, 0.3) is 5.89 Å². The van der Waals surface area contributed by atoms with Crippen LogP contribution < -0.4 is 9.47 Å². The van der Waals surface area contributed by atoms with Gasteiger partial charge in [0.15, 0.2) is 6.61 Å². The molecule has 3 rings (SSSR count). The molecule has 7 nitrogen and oxygen atoms in total. The molecule has 3 aromatic rings. The normalized spacial score (nSPS) is 10.4. The molecule has 7 heteroatoms. The van der Waals surface area contributed by atoms with Crippen molar-refractivity contribution in [2.75, 3.05) is 14.2 Å². The number of methoxy groups -OCH3 is 2. The lowest BCUT2D eigenvalue weighted by atomic mass is 10.1. The van der Waals surface area contributed by atoms with Crippen molar-refractivity contribution < 1.29 is 23.4 Å². The number of carbonyl (C=O) groups excluding carboxylic acids is 1. The largest absolute Gasteiger partial charge is 0.496 e. The first-order chi connectivity index (χ1) is 12.6. The predicted molar refractivity (Wildman–Crippen MR) is 93.1 cm³/mol. The van der Waals surface area contributed by atoms with E-state index in [2.05, 4.69) is 10.2 Å². The molecule has 0 spiro atoms. The van der Waals surface area contributed by atoms with Crippen LogP contribution in [0.4, 0.5) is 0 Å². The number of esters is 1. The molecule has 134 valence electrons. The molecule has 26 heavy (non-hydrogen) atoms. The summed E-state index contributed by atoms with van der Waals surface area (Å²) in [7, 11) is 3.06. The minimum absolute atomic E-state index is 0.128. The number of nitrogens with zero attached hydrogens (tertiary/aromatic N) is 2. The third-order valence-corrected chi connectivity index (χ3v) is 3.80. The van der Waals surface area contributed by atoms with Gasteiger partial charge in [-0.15, -0.1) is 10.2 Å². The zero-order valence-electron chi connectivity index (χ0n) is 14.7. The molecular weight excluding hydrogens is 336 g/mol. The maximum absolute atomic E-state index is 12.3. The van der Waals surface area contributed by atoms with Gasteiger partial charge in [-0.05, 0) is 31.2 Å². The van der Waals surface area contributed by atoms with E-state index in [0.29, 0.717) is 23.0 Å². The molecule has 0 aliphatic rings. The second-order valence-corrected chi connectivity index (χ2v) is 5.45. The van der Waals surface area contributed by atoms with Crippen molar-refractivity contribution in [3.05, 3.63) is 59.5 Å². The Kier molecular flexibility index (Phi) is 5.17. The summed E-state index contributed by atoms with van der Waals surface area (Å²) < 4.78 is 21.3. The molecule has 0 atom stereocenters. The van der Waals surface area contributed by atoms with Crippen LogP contribution in [0.25, 0.3) is 11.5 Å². The SMILES string of the molecule is COc1cc(C(=O)OCc2nnc(-c3ccccc3)o2)cc(OC)c1C. The van der Waals surface area contributed by atoms with Crippen LogP contribution in [-0.2, 0) is 11.3 Å². The molecule has 0 saturated carbocycles. The van der Waals surface area contributed by atoms with Crippen LogP contribution in [0.5, 0.6) is 11.5 Å². The molecule has 0 bridgehead atoms. The van der Waals surface area contributed by atoms with Gasteiger partial charge in [-0.1, -0.05) is 18.2 Å². The van der Waals surface area contributed by atoms with Gasteiger partial charge in [-0.25, -0.2) is 4.79 Å². The van der Waals surface area contributed by atoms with Crippen molar-refractivity contribution in [3.63, 3.8) is 0 Å². The maximum Gasteiger partial charge on any atom is 0.338 e. The molecule has 0 unspecified atom stereocenters. The number of hydrogen-bond acceptors (Lipinski definition) is 7. The molecule has 1 aromatic heterocycles. The third kappa shape index (κ3) is 3.66. The van der Waals surface area contributed by atoms with Gasteiger partial charge in [0.05, 0.1) is 19.8 Å². The molecule has 0 fully saturated rings. The van der Waals surface area contributed by atoms with Gasteiger partial charge < -0.3 is 18.6 Å². The number of carbonyl (C=O) groups is 1. The zero-order chi connectivity index (χ0) is 18.5. The van der Waals surface area contributed by atoms with Crippen LogP contribution in [0, 0.1) is 6.92 Å². The van der Waals surface area contributed by atoms with Gasteiger partial charge >= 0.3 is 5.97 Å². The Labute approximate surface area is 150 Å². The van der Waals surface area contributed by atoms with E-state index in [9.17, 15) is 4.79 Å². The fourth-order valence-electron chi connectivity index (χ4n) is 2.42. The number of hydrogen-bond donors (Lipinski definition) is 0. The fraction of sp³-hybridized carbons (Fsp3) is 0.211. The van der Waals surface area contributed by atoms with E-state index >= 15 is 0 Å². The van der Waals surface area contributed by atoms with Crippen LogP contribution >= 0.6 is 0 Å². The first kappa shape index (κ1) is 17.5. The number of ether oxygens (including phenoxy) is 3. The summed E-state index contributed by atoms with van der Waals surface area (Å²) in [6, 6.07) is 12.6. The summed E-state index contributed by atoms with van der Waals surface area (Å²) in [6.07, 6.45) is 0. The predicted octanol–water partition coefficient (Wildman–Crippen LogP) is 3.42. The van der Waals surface area contributed by atoms with Crippen LogP contribution in [0.2, 0.25) is 0 Å². The van der Waals surface area contributed by atoms with E-state index in [1.807, 2.05) is 37.3 Å². The Morgan fingerprint density at radius 2 is 1.69 bits per heavy atom. The van der Waals surface area contributed by atoms with Crippen LogP contribution in [-0.4, -0.2) is 30.4 Å². The zero-order valence-corrected chi connectivity index (χ0v) is 14.7. The first-order valence-corrected chi connectivity index (χ1v) is 7.90. The number of rotatable bonds is 6. The Hall–Kier alpha value is -3.35. The summed E-state index contributed by atoms with van der Waals surface area (Å²) in [5, 5.41) is 7.85. The van der Waals surface area contributed by atoms with Crippen molar-refractivity contribution in [2.24, 2.45) is 0 Å². The van der Waals surface area contributed by atoms with E-state index < -0.39 is 5.97 Å². The van der Waals surface area contributed by atoms with Gasteiger partial charge in [0.1, 0.15) is 11.5 Å². The van der Waals surface area contributed by atoms with Gasteiger partial charge in [0, 0.05) is 11.1 Å². The maximum atomic E-state index is 12.3. The molecule has 2 aromatic carbocycles. The van der Waals surface area contributed by atoms with Crippen molar-refractivity contribution in [2.45, 2.75) is 13.5 Å². The molecule has 1 heterocycles. The Bertz CT molecular complexity index is 880. The van der Waals surface area contributed by atoms with Crippen molar-refractivity contribution in [1.82, 2.24) is 10.2 Å². The smallest absolute Gasteiger partial charge is 0.338 e. The van der Waals surface area contributed by atoms with Crippen molar-refractivity contribution >= 4 is 5.97 Å². The summed E-state index contributed by atoms with van der Waals surface area (Å²) in [5.74, 6) is 1.13. The molecule has 0 saturated heterocycles.